The maximum atomic E-state index is 9.22. The Morgan fingerprint density at radius 3 is 2.36 bits per heavy atom. The average molecular weight is 194 g/mol. The summed E-state index contributed by atoms with van der Waals surface area (Å²) in [7, 11) is 0. The monoisotopic (exact) mass is 194 g/mol. The predicted molar refractivity (Wildman–Crippen MR) is 63.4 cm³/mol. The summed E-state index contributed by atoms with van der Waals surface area (Å²) in [6, 6.07) is 0. The second kappa shape index (κ2) is 7.43. The molecule has 1 heteroatoms. The minimum Gasteiger partial charge on any atom is -0.512 e. The molecular weight excluding hydrogens is 172 g/mol. The van der Waals surface area contributed by atoms with Crippen molar-refractivity contribution >= 4 is 0 Å². The number of hydrogen-bond donors (Lipinski definition) is 1. The van der Waals surface area contributed by atoms with Gasteiger partial charge in [0.05, 0.1) is 5.76 Å². The third kappa shape index (κ3) is 7.66. The molecule has 0 amide bonds. The molecule has 0 aromatic rings. The molecule has 1 N–H and O–H groups in total. The molecule has 0 aliphatic heterocycles. The van der Waals surface area contributed by atoms with Crippen molar-refractivity contribution in [3.63, 3.8) is 0 Å². The van der Waals surface area contributed by atoms with E-state index in [2.05, 4.69) is 20.4 Å². The maximum absolute atomic E-state index is 9.22. The maximum Gasteiger partial charge on any atom is 0.0919 e. The summed E-state index contributed by atoms with van der Waals surface area (Å²) in [6.07, 6.45) is 7.82. The van der Waals surface area contributed by atoms with Crippen LogP contribution in [0.15, 0.2) is 35.6 Å². The molecule has 0 rings (SSSR count). The minimum absolute atomic E-state index is 0.448. The van der Waals surface area contributed by atoms with Gasteiger partial charge in [0.15, 0.2) is 0 Å². The highest BCUT2D eigenvalue weighted by atomic mass is 16.3. The Morgan fingerprint density at radius 1 is 1.21 bits per heavy atom. The molecule has 0 aromatic carbocycles. The van der Waals surface area contributed by atoms with Gasteiger partial charge in [0.2, 0.25) is 0 Å². The van der Waals surface area contributed by atoms with Crippen LogP contribution < -0.4 is 0 Å². The molecule has 14 heavy (non-hydrogen) atoms. The third-order valence-electron chi connectivity index (χ3n) is 2.10. The molecule has 0 spiro atoms. The lowest BCUT2D eigenvalue weighted by Gasteiger charge is -2.00. The van der Waals surface area contributed by atoms with E-state index in [1.165, 1.54) is 11.1 Å². The van der Waals surface area contributed by atoms with E-state index < -0.39 is 0 Å². The van der Waals surface area contributed by atoms with Crippen LogP contribution in [0, 0.1) is 0 Å². The van der Waals surface area contributed by atoms with E-state index >= 15 is 0 Å². The highest BCUT2D eigenvalue weighted by Crippen LogP contribution is 2.10. The van der Waals surface area contributed by atoms with Crippen molar-refractivity contribution in [2.24, 2.45) is 0 Å². The van der Waals surface area contributed by atoms with Gasteiger partial charge >= 0.3 is 0 Å². The summed E-state index contributed by atoms with van der Waals surface area (Å²) in [6.45, 7) is 9.96. The van der Waals surface area contributed by atoms with Crippen LogP contribution >= 0.6 is 0 Å². The Hall–Kier alpha value is -0.980. The number of aliphatic hydroxyl groups excluding tert-OH is 1. The van der Waals surface area contributed by atoms with Crippen LogP contribution in [0.5, 0.6) is 0 Å². The van der Waals surface area contributed by atoms with Crippen molar-refractivity contribution in [2.75, 3.05) is 0 Å². The fourth-order valence-corrected chi connectivity index (χ4v) is 1.11. The van der Waals surface area contributed by atoms with Crippen molar-refractivity contribution < 1.29 is 5.11 Å². The lowest BCUT2D eigenvalue weighted by Crippen LogP contribution is -1.81. The Balaban J connectivity index is 3.83. The molecule has 0 unspecified atom stereocenters. The lowest BCUT2D eigenvalue weighted by atomic mass is 10.1. The fourth-order valence-electron chi connectivity index (χ4n) is 1.11. The Labute approximate surface area is 87.8 Å². The van der Waals surface area contributed by atoms with Gasteiger partial charge in [-0.2, -0.15) is 0 Å². The Kier molecular flexibility index (Phi) is 6.91. The summed E-state index contributed by atoms with van der Waals surface area (Å²) in [4.78, 5) is 0. The standard InChI is InChI=1S/C13H22O/c1-5-13(14)10-9-12(4)8-6-7-11(2)3/h9-10,14H,2,5-8H2,1,3-4H3/b12-9+,13-10+. The van der Waals surface area contributed by atoms with Crippen LogP contribution in [0.2, 0.25) is 0 Å². The van der Waals surface area contributed by atoms with Crippen molar-refractivity contribution in [2.45, 2.75) is 46.5 Å². The highest BCUT2D eigenvalue weighted by molar-refractivity contribution is 5.12. The summed E-state index contributed by atoms with van der Waals surface area (Å²) in [5, 5.41) is 9.22. The van der Waals surface area contributed by atoms with Crippen molar-refractivity contribution in [3.8, 4) is 0 Å². The van der Waals surface area contributed by atoms with E-state index in [1.807, 2.05) is 13.0 Å². The Morgan fingerprint density at radius 2 is 1.86 bits per heavy atom. The number of aliphatic hydroxyl groups is 1. The number of hydrogen-bond acceptors (Lipinski definition) is 1. The molecule has 0 heterocycles. The van der Waals surface area contributed by atoms with E-state index in [4.69, 9.17) is 0 Å². The average Bonchev–Trinajstić information content (AvgIpc) is 2.13. The van der Waals surface area contributed by atoms with Gasteiger partial charge < -0.3 is 5.11 Å². The summed E-state index contributed by atoms with van der Waals surface area (Å²) < 4.78 is 0. The topological polar surface area (TPSA) is 20.2 Å². The second-order valence-electron chi connectivity index (χ2n) is 3.84. The zero-order valence-corrected chi connectivity index (χ0v) is 9.64. The van der Waals surface area contributed by atoms with E-state index in [-0.39, 0.29) is 0 Å². The van der Waals surface area contributed by atoms with Gasteiger partial charge in [-0.05, 0) is 39.2 Å². The van der Waals surface area contributed by atoms with Crippen LogP contribution in [0.3, 0.4) is 0 Å². The van der Waals surface area contributed by atoms with Crippen molar-refractivity contribution in [3.05, 3.63) is 35.6 Å². The number of allylic oxidation sites excluding steroid dienone is 5. The van der Waals surface area contributed by atoms with E-state index in [0.717, 1.165) is 19.3 Å². The normalized spacial score (nSPS) is 13.1. The second-order valence-corrected chi connectivity index (χ2v) is 3.84. The molecular formula is C13H22O. The van der Waals surface area contributed by atoms with Crippen LogP contribution in [0.4, 0.5) is 0 Å². The molecule has 0 radical (unpaired) electrons. The van der Waals surface area contributed by atoms with Gasteiger partial charge in [0.25, 0.3) is 0 Å². The molecule has 0 aliphatic rings. The van der Waals surface area contributed by atoms with E-state index in [9.17, 15) is 5.11 Å². The fraction of sp³-hybridized carbons (Fsp3) is 0.538. The lowest BCUT2D eigenvalue weighted by molar-refractivity contribution is 0.394. The van der Waals surface area contributed by atoms with Gasteiger partial charge in [0.1, 0.15) is 0 Å². The van der Waals surface area contributed by atoms with Gasteiger partial charge in [-0.25, -0.2) is 0 Å². The summed E-state index contributed by atoms with van der Waals surface area (Å²) >= 11 is 0. The van der Waals surface area contributed by atoms with Gasteiger partial charge in [0, 0.05) is 6.42 Å². The van der Waals surface area contributed by atoms with Gasteiger partial charge in [-0.3, -0.25) is 0 Å². The molecule has 0 bridgehead atoms. The van der Waals surface area contributed by atoms with Crippen LogP contribution in [-0.2, 0) is 0 Å². The summed E-state index contributed by atoms with van der Waals surface area (Å²) in [5.41, 5.74) is 2.55. The smallest absolute Gasteiger partial charge is 0.0919 e. The first-order valence-corrected chi connectivity index (χ1v) is 5.26. The quantitative estimate of drug-likeness (QED) is 0.374. The molecule has 0 saturated carbocycles. The van der Waals surface area contributed by atoms with E-state index in [0.29, 0.717) is 12.2 Å². The largest absolute Gasteiger partial charge is 0.512 e. The minimum atomic E-state index is 0.448. The van der Waals surface area contributed by atoms with Crippen LogP contribution in [0.25, 0.3) is 0 Å². The van der Waals surface area contributed by atoms with E-state index in [1.54, 1.807) is 6.08 Å². The molecule has 0 fully saturated rings. The molecule has 0 atom stereocenters. The molecule has 1 nitrogen and oxygen atoms in total. The van der Waals surface area contributed by atoms with Crippen LogP contribution in [0.1, 0.15) is 46.5 Å². The first kappa shape index (κ1) is 13.0. The third-order valence-corrected chi connectivity index (χ3v) is 2.10. The summed E-state index contributed by atoms with van der Waals surface area (Å²) in [5.74, 6) is 0.448. The first-order chi connectivity index (χ1) is 6.56. The molecule has 0 aliphatic carbocycles. The first-order valence-electron chi connectivity index (χ1n) is 5.26. The Bertz CT molecular complexity index is 234. The zero-order valence-electron chi connectivity index (χ0n) is 9.64. The number of rotatable bonds is 6. The van der Waals surface area contributed by atoms with Gasteiger partial charge in [-0.15, -0.1) is 6.58 Å². The van der Waals surface area contributed by atoms with Crippen molar-refractivity contribution in [1.82, 2.24) is 0 Å². The van der Waals surface area contributed by atoms with Crippen molar-refractivity contribution in [1.29, 1.82) is 0 Å². The zero-order chi connectivity index (χ0) is 11.0. The van der Waals surface area contributed by atoms with Gasteiger partial charge in [-0.1, -0.05) is 24.1 Å². The molecule has 0 aromatic heterocycles. The molecule has 0 saturated heterocycles. The highest BCUT2D eigenvalue weighted by Gasteiger charge is 1.91. The predicted octanol–water partition coefficient (Wildman–Crippen LogP) is 4.53. The van der Waals surface area contributed by atoms with Crippen LogP contribution in [-0.4, -0.2) is 5.11 Å². The molecule has 80 valence electrons. The SMILES string of the molecule is C=C(C)CCC/C(C)=C/C=C(/O)CC.